The highest BCUT2D eigenvalue weighted by Crippen LogP contribution is 2.20. The molecule has 3 N–H and O–H groups in total. The minimum Gasteiger partial charge on any atom is -0.466 e. The number of ether oxygens (including phenoxy) is 1. The van der Waals surface area contributed by atoms with Gasteiger partial charge in [0.25, 0.3) is 0 Å². The normalized spacial score (nSPS) is 12.5. The van der Waals surface area contributed by atoms with E-state index in [-0.39, 0.29) is 18.5 Å². The Bertz CT molecular complexity index is 1210. The van der Waals surface area contributed by atoms with Crippen LogP contribution >= 0.6 is 0 Å². The highest BCUT2D eigenvalue weighted by molar-refractivity contribution is 5.76. The number of allylic oxidation sites excluding steroid dienone is 2. The lowest BCUT2D eigenvalue weighted by molar-refractivity contribution is -0.143. The number of esters is 1. The topological polar surface area (TPSA) is 95.9 Å². The smallest absolute Gasteiger partial charge is 0.305 e. The van der Waals surface area contributed by atoms with E-state index in [1.165, 1.54) is 347 Å². The van der Waals surface area contributed by atoms with Crippen LogP contribution in [0.3, 0.4) is 0 Å². The van der Waals surface area contributed by atoms with Crippen molar-refractivity contribution < 1.29 is 24.5 Å². The van der Waals surface area contributed by atoms with E-state index in [1.807, 2.05) is 0 Å². The molecule has 0 spiro atoms. The summed E-state index contributed by atoms with van der Waals surface area (Å²) in [5.41, 5.74) is 0. The zero-order chi connectivity index (χ0) is 57.8. The molecule has 0 aromatic rings. The van der Waals surface area contributed by atoms with Crippen molar-refractivity contribution in [2.45, 2.75) is 437 Å². The van der Waals surface area contributed by atoms with Crippen LogP contribution < -0.4 is 5.32 Å². The summed E-state index contributed by atoms with van der Waals surface area (Å²) in [6.07, 6.45) is 87.1. The fourth-order valence-corrected chi connectivity index (χ4v) is 11.9. The van der Waals surface area contributed by atoms with Gasteiger partial charge in [-0.2, -0.15) is 0 Å². The molecule has 6 heteroatoms. The van der Waals surface area contributed by atoms with E-state index in [1.54, 1.807) is 0 Å². The maximum absolute atomic E-state index is 12.5. The number of aliphatic hydroxyl groups excluding tert-OH is 2. The molecule has 0 fully saturated rings. The first kappa shape index (κ1) is 78.6. The Morgan fingerprint density at radius 1 is 0.338 bits per heavy atom. The zero-order valence-corrected chi connectivity index (χ0v) is 54.6. The van der Waals surface area contributed by atoms with Crippen molar-refractivity contribution in [3.63, 3.8) is 0 Å². The van der Waals surface area contributed by atoms with E-state index in [9.17, 15) is 19.8 Å². The van der Waals surface area contributed by atoms with Gasteiger partial charge in [-0.25, -0.2) is 0 Å². The summed E-state index contributed by atoms with van der Waals surface area (Å²) in [6, 6.07) is -0.537. The van der Waals surface area contributed by atoms with Crippen molar-refractivity contribution in [1.29, 1.82) is 0 Å². The minimum absolute atomic E-state index is 0.0143. The molecule has 2 unspecified atom stereocenters. The number of aliphatic hydroxyl groups is 2. The summed E-state index contributed by atoms with van der Waals surface area (Å²) >= 11 is 0. The van der Waals surface area contributed by atoms with E-state index < -0.39 is 12.1 Å². The quantitative estimate of drug-likeness (QED) is 0.0320. The van der Waals surface area contributed by atoms with Crippen LogP contribution in [0.1, 0.15) is 425 Å². The Hall–Kier alpha value is -1.40. The van der Waals surface area contributed by atoms with Crippen LogP contribution in [0.25, 0.3) is 0 Å². The molecule has 0 radical (unpaired) electrons. The lowest BCUT2D eigenvalue weighted by Crippen LogP contribution is -2.45. The van der Waals surface area contributed by atoms with Crippen LogP contribution in [-0.4, -0.2) is 47.4 Å². The zero-order valence-electron chi connectivity index (χ0n) is 54.6. The summed E-state index contributed by atoms with van der Waals surface area (Å²) in [7, 11) is 0. The molecule has 0 bridgehead atoms. The van der Waals surface area contributed by atoms with Crippen molar-refractivity contribution in [3.8, 4) is 0 Å². The van der Waals surface area contributed by atoms with Gasteiger partial charge in [0.15, 0.2) is 0 Å². The highest BCUT2D eigenvalue weighted by Gasteiger charge is 2.20. The number of rotatable bonds is 70. The summed E-state index contributed by atoms with van der Waals surface area (Å²) < 4.78 is 5.50. The van der Waals surface area contributed by atoms with E-state index in [0.717, 1.165) is 44.9 Å². The van der Waals surface area contributed by atoms with E-state index in [0.29, 0.717) is 25.9 Å². The second-order valence-corrected chi connectivity index (χ2v) is 25.6. The third kappa shape index (κ3) is 65.7. The van der Waals surface area contributed by atoms with Crippen LogP contribution in [0.4, 0.5) is 0 Å². The van der Waals surface area contributed by atoms with Crippen molar-refractivity contribution >= 4 is 11.9 Å². The van der Waals surface area contributed by atoms with Crippen molar-refractivity contribution in [1.82, 2.24) is 5.32 Å². The largest absolute Gasteiger partial charge is 0.466 e. The molecule has 0 saturated heterocycles. The molecule has 0 aliphatic heterocycles. The number of carbonyl (C=O) groups excluding carboxylic acids is 2. The summed E-state index contributed by atoms with van der Waals surface area (Å²) in [4.78, 5) is 24.6. The van der Waals surface area contributed by atoms with Gasteiger partial charge < -0.3 is 20.3 Å². The number of amides is 1. The first-order valence-corrected chi connectivity index (χ1v) is 36.9. The lowest BCUT2D eigenvalue weighted by atomic mass is 10.0. The first-order chi connectivity index (χ1) is 39.5. The van der Waals surface area contributed by atoms with Crippen molar-refractivity contribution in [2.24, 2.45) is 0 Å². The van der Waals surface area contributed by atoms with E-state index >= 15 is 0 Å². The molecule has 476 valence electrons. The SMILES string of the molecule is CCCCCCCCC/C=C\CCCCCCCC(=O)OCCCCCCCCCCCCCCCCCCCCCCCCCCCCCCCCCC(=O)NC(CO)C(O)CCCCCCCCCCCCCCCCCC. The van der Waals surface area contributed by atoms with E-state index in [2.05, 4.69) is 31.3 Å². The number of hydrogen-bond donors (Lipinski definition) is 3. The average molecular weight is 1130 g/mol. The Kier molecular flexibility index (Phi) is 68.9. The molecule has 0 aromatic heterocycles. The third-order valence-corrected chi connectivity index (χ3v) is 17.6. The van der Waals surface area contributed by atoms with Crippen molar-refractivity contribution in [2.75, 3.05) is 13.2 Å². The molecule has 0 saturated carbocycles. The average Bonchev–Trinajstić information content (AvgIpc) is 3.46. The highest BCUT2D eigenvalue weighted by atomic mass is 16.5. The van der Waals surface area contributed by atoms with Gasteiger partial charge in [0, 0.05) is 12.8 Å². The molecule has 0 aromatic carbocycles. The summed E-state index contributed by atoms with van der Waals surface area (Å²) in [6.45, 7) is 4.99. The lowest BCUT2D eigenvalue weighted by Gasteiger charge is -2.22. The number of unbranched alkanes of at least 4 members (excludes halogenated alkanes) is 57. The predicted molar refractivity (Wildman–Crippen MR) is 352 cm³/mol. The van der Waals surface area contributed by atoms with Gasteiger partial charge in [-0.05, 0) is 51.4 Å². The van der Waals surface area contributed by atoms with Crippen LogP contribution in [-0.2, 0) is 14.3 Å². The molecule has 6 nitrogen and oxygen atoms in total. The Labute approximate surface area is 501 Å². The monoisotopic (exact) mass is 1130 g/mol. The van der Waals surface area contributed by atoms with Gasteiger partial charge in [0.05, 0.1) is 25.4 Å². The van der Waals surface area contributed by atoms with Crippen LogP contribution in [0, 0.1) is 0 Å². The molecular formula is C74H145NO5. The molecule has 0 rings (SSSR count). The molecule has 0 aliphatic carbocycles. The number of hydrogen-bond acceptors (Lipinski definition) is 5. The van der Waals surface area contributed by atoms with Gasteiger partial charge in [-0.3, -0.25) is 9.59 Å². The third-order valence-electron chi connectivity index (χ3n) is 17.6. The standard InChI is InChI=1S/C74H145NO5/c1-3-5-7-9-11-13-15-17-19-38-42-46-50-54-58-62-66-72(77)71(70-76)75-73(78)67-63-59-55-51-47-43-39-36-34-32-30-28-26-24-22-21-23-25-27-29-31-33-35-37-41-45-49-53-57-61-65-69-80-74(79)68-64-60-56-52-48-44-40-20-18-16-14-12-10-8-6-4-2/h20,40,71-72,76-77H,3-19,21-39,41-70H2,1-2H3,(H,75,78)/b40-20-. The molecule has 0 heterocycles. The number of nitrogens with one attached hydrogen (secondary N) is 1. The Morgan fingerprint density at radius 2 is 0.588 bits per heavy atom. The molecule has 2 atom stereocenters. The molecular weight excluding hydrogens is 983 g/mol. The fraction of sp³-hybridized carbons (Fsp3) is 0.946. The van der Waals surface area contributed by atoms with Crippen LogP contribution in [0.5, 0.6) is 0 Å². The molecule has 1 amide bonds. The number of carbonyl (C=O) groups is 2. The van der Waals surface area contributed by atoms with Gasteiger partial charge in [0.2, 0.25) is 5.91 Å². The van der Waals surface area contributed by atoms with Gasteiger partial charge in [-0.15, -0.1) is 0 Å². The van der Waals surface area contributed by atoms with Gasteiger partial charge >= 0.3 is 5.97 Å². The Balaban J connectivity index is 3.31. The maximum Gasteiger partial charge on any atom is 0.305 e. The second-order valence-electron chi connectivity index (χ2n) is 25.6. The second kappa shape index (κ2) is 70.1. The van der Waals surface area contributed by atoms with Gasteiger partial charge in [0.1, 0.15) is 0 Å². The molecule has 80 heavy (non-hydrogen) atoms. The summed E-state index contributed by atoms with van der Waals surface area (Å²) in [5, 5.41) is 23.4. The fourth-order valence-electron chi connectivity index (χ4n) is 11.9. The predicted octanol–water partition coefficient (Wildman–Crippen LogP) is 23.9. The van der Waals surface area contributed by atoms with Gasteiger partial charge in [-0.1, -0.05) is 373 Å². The van der Waals surface area contributed by atoms with Crippen LogP contribution in [0.2, 0.25) is 0 Å². The summed E-state index contributed by atoms with van der Waals surface area (Å²) in [5.74, 6) is -0.0125. The minimum atomic E-state index is -0.661. The molecule has 0 aliphatic rings. The maximum atomic E-state index is 12.5. The van der Waals surface area contributed by atoms with Crippen LogP contribution in [0.15, 0.2) is 12.2 Å². The van der Waals surface area contributed by atoms with E-state index in [4.69, 9.17) is 4.74 Å². The first-order valence-electron chi connectivity index (χ1n) is 36.9. The Morgan fingerprint density at radius 3 is 0.887 bits per heavy atom. The van der Waals surface area contributed by atoms with Crippen molar-refractivity contribution in [3.05, 3.63) is 12.2 Å².